The van der Waals surface area contributed by atoms with Gasteiger partial charge in [-0.25, -0.2) is 14.7 Å². The summed E-state index contributed by atoms with van der Waals surface area (Å²) >= 11 is 0. The smallest absolute Gasteiger partial charge is 0.191 e. The monoisotopic (exact) mass is 406 g/mol. The molecule has 30 heavy (non-hydrogen) atoms. The zero-order chi connectivity index (χ0) is 21.6. The highest BCUT2D eigenvalue weighted by atomic mass is 16.3. The minimum absolute atomic E-state index is 0.345. The number of aliphatic imine (C=N–C) groups is 1. The third-order valence-corrected chi connectivity index (χ3v) is 4.80. The van der Waals surface area contributed by atoms with Crippen LogP contribution in [-0.4, -0.2) is 38.9 Å². The summed E-state index contributed by atoms with van der Waals surface area (Å²) in [5, 5.41) is 21.7. The molecule has 3 N–H and O–H groups in total. The largest absolute Gasteiger partial charge is 0.384 e. The molecule has 1 aromatic carbocycles. The van der Waals surface area contributed by atoms with Crippen molar-refractivity contribution in [2.45, 2.75) is 39.8 Å². The first kappa shape index (κ1) is 21.5. The molecule has 0 aliphatic heterocycles. The molecular weight excluding hydrogens is 376 g/mol. The average molecular weight is 407 g/mol. The van der Waals surface area contributed by atoms with Crippen molar-refractivity contribution < 1.29 is 5.11 Å². The van der Waals surface area contributed by atoms with Crippen LogP contribution in [0.4, 0.5) is 0 Å². The molecule has 2 aromatic heterocycles. The highest BCUT2D eigenvalue weighted by Gasteiger charge is 2.22. The van der Waals surface area contributed by atoms with Crippen LogP contribution >= 0.6 is 0 Å². The Morgan fingerprint density at radius 3 is 2.50 bits per heavy atom. The average Bonchev–Trinajstić information content (AvgIpc) is 3.09. The fourth-order valence-electron chi connectivity index (χ4n) is 3.16. The highest BCUT2D eigenvalue weighted by Crippen LogP contribution is 2.18. The molecule has 1 atom stereocenters. The predicted molar refractivity (Wildman–Crippen MR) is 120 cm³/mol. The molecule has 3 aromatic rings. The van der Waals surface area contributed by atoms with Crippen molar-refractivity contribution in [2.75, 3.05) is 13.1 Å². The van der Waals surface area contributed by atoms with Crippen LogP contribution in [0.25, 0.3) is 5.82 Å². The first-order valence-electron chi connectivity index (χ1n) is 10.2. The zero-order valence-electron chi connectivity index (χ0n) is 18.1. The molecule has 0 radical (unpaired) electrons. The van der Waals surface area contributed by atoms with E-state index in [0.29, 0.717) is 19.0 Å². The Bertz CT molecular complexity index is 977. The molecule has 0 aliphatic rings. The number of nitrogens with zero attached hydrogens (tertiary/aromatic N) is 4. The Morgan fingerprint density at radius 1 is 1.13 bits per heavy atom. The van der Waals surface area contributed by atoms with Crippen molar-refractivity contribution in [1.82, 2.24) is 25.4 Å². The van der Waals surface area contributed by atoms with Gasteiger partial charge in [-0.05, 0) is 51.0 Å². The molecule has 0 amide bonds. The van der Waals surface area contributed by atoms with Gasteiger partial charge in [-0.1, -0.05) is 36.4 Å². The van der Waals surface area contributed by atoms with E-state index in [2.05, 4.69) is 25.7 Å². The molecule has 0 saturated carbocycles. The number of aryl methyl sites for hydroxylation is 2. The van der Waals surface area contributed by atoms with Gasteiger partial charge >= 0.3 is 0 Å². The number of hydrogen-bond acceptors (Lipinski definition) is 4. The number of aromatic nitrogens is 3. The summed E-state index contributed by atoms with van der Waals surface area (Å²) in [4.78, 5) is 9.15. The standard InChI is InChI=1S/C23H30N6O/c1-5-24-22(27-16-23(4,30)20-9-7-6-8-10-20)26-15-19-11-12-21(25-14-19)29-18(3)13-17(2)28-29/h6-14,30H,5,15-16H2,1-4H3,(H2,24,26,27). The lowest BCUT2D eigenvalue weighted by Crippen LogP contribution is -2.44. The molecule has 0 aliphatic carbocycles. The Labute approximate surface area is 177 Å². The normalized spacial score (nSPS) is 13.7. The number of aliphatic hydroxyl groups is 1. The van der Waals surface area contributed by atoms with Crippen molar-refractivity contribution in [3.8, 4) is 5.82 Å². The molecule has 0 bridgehead atoms. The molecule has 158 valence electrons. The molecule has 2 heterocycles. The quantitative estimate of drug-likeness (QED) is 0.415. The van der Waals surface area contributed by atoms with Gasteiger partial charge in [0.15, 0.2) is 11.8 Å². The van der Waals surface area contributed by atoms with Gasteiger partial charge in [0.25, 0.3) is 0 Å². The van der Waals surface area contributed by atoms with Crippen molar-refractivity contribution in [2.24, 2.45) is 4.99 Å². The number of benzene rings is 1. The predicted octanol–water partition coefficient (Wildman–Crippen LogP) is 2.85. The molecule has 0 saturated heterocycles. The number of rotatable bonds is 7. The number of pyridine rings is 1. The minimum atomic E-state index is -1.000. The number of guanidine groups is 1. The van der Waals surface area contributed by atoms with E-state index in [1.807, 2.05) is 80.2 Å². The second kappa shape index (κ2) is 9.54. The van der Waals surface area contributed by atoms with Gasteiger partial charge in [-0.3, -0.25) is 0 Å². The summed E-state index contributed by atoms with van der Waals surface area (Å²) in [6.07, 6.45) is 1.82. The van der Waals surface area contributed by atoms with Crippen LogP contribution in [0.1, 0.15) is 36.4 Å². The maximum Gasteiger partial charge on any atom is 0.191 e. The Kier molecular flexibility index (Phi) is 6.84. The SMILES string of the molecule is CCNC(=NCc1ccc(-n2nc(C)cc2C)nc1)NCC(C)(O)c1ccccc1. The second-order valence-electron chi connectivity index (χ2n) is 7.55. The highest BCUT2D eigenvalue weighted by molar-refractivity contribution is 5.79. The van der Waals surface area contributed by atoms with Crippen LogP contribution in [0.15, 0.2) is 59.7 Å². The van der Waals surface area contributed by atoms with Gasteiger partial charge in [-0.2, -0.15) is 5.10 Å². The topological polar surface area (TPSA) is 87.4 Å². The summed E-state index contributed by atoms with van der Waals surface area (Å²) in [6, 6.07) is 15.6. The van der Waals surface area contributed by atoms with Crippen LogP contribution in [0.5, 0.6) is 0 Å². The van der Waals surface area contributed by atoms with Gasteiger partial charge in [-0.15, -0.1) is 0 Å². The molecule has 3 rings (SSSR count). The van der Waals surface area contributed by atoms with E-state index < -0.39 is 5.60 Å². The van der Waals surface area contributed by atoms with E-state index in [9.17, 15) is 5.11 Å². The minimum Gasteiger partial charge on any atom is -0.384 e. The van der Waals surface area contributed by atoms with Gasteiger partial charge in [0.1, 0.15) is 5.60 Å². The van der Waals surface area contributed by atoms with E-state index in [4.69, 9.17) is 0 Å². The first-order chi connectivity index (χ1) is 14.4. The molecular formula is C23H30N6O. The lowest BCUT2D eigenvalue weighted by molar-refractivity contribution is 0.0617. The second-order valence-corrected chi connectivity index (χ2v) is 7.55. The van der Waals surface area contributed by atoms with Crippen LogP contribution in [0.3, 0.4) is 0 Å². The summed E-state index contributed by atoms with van der Waals surface area (Å²) in [7, 11) is 0. The van der Waals surface area contributed by atoms with Crippen molar-refractivity contribution in [1.29, 1.82) is 0 Å². The van der Waals surface area contributed by atoms with Crippen molar-refractivity contribution in [3.63, 3.8) is 0 Å². The Morgan fingerprint density at radius 2 is 1.90 bits per heavy atom. The third-order valence-electron chi connectivity index (χ3n) is 4.80. The lowest BCUT2D eigenvalue weighted by atomic mass is 9.96. The summed E-state index contributed by atoms with van der Waals surface area (Å²) in [6.45, 7) is 9.34. The van der Waals surface area contributed by atoms with Gasteiger partial charge in [0.05, 0.1) is 18.8 Å². The fraction of sp³-hybridized carbons (Fsp3) is 0.348. The van der Waals surface area contributed by atoms with E-state index >= 15 is 0 Å². The van der Waals surface area contributed by atoms with Gasteiger partial charge in [0.2, 0.25) is 0 Å². The van der Waals surface area contributed by atoms with E-state index in [1.54, 1.807) is 6.92 Å². The van der Waals surface area contributed by atoms with Crippen LogP contribution in [-0.2, 0) is 12.1 Å². The first-order valence-corrected chi connectivity index (χ1v) is 10.2. The van der Waals surface area contributed by atoms with E-state index in [0.717, 1.165) is 34.9 Å². The Balaban J connectivity index is 1.65. The number of nitrogens with one attached hydrogen (secondary N) is 2. The van der Waals surface area contributed by atoms with Crippen LogP contribution in [0, 0.1) is 13.8 Å². The summed E-state index contributed by atoms with van der Waals surface area (Å²) in [5.74, 6) is 1.44. The van der Waals surface area contributed by atoms with Crippen molar-refractivity contribution in [3.05, 3.63) is 77.2 Å². The molecule has 7 heteroatoms. The molecule has 0 fully saturated rings. The molecule has 0 spiro atoms. The third kappa shape index (κ3) is 5.45. The van der Waals surface area contributed by atoms with Crippen molar-refractivity contribution >= 4 is 5.96 Å². The lowest BCUT2D eigenvalue weighted by Gasteiger charge is -2.25. The zero-order valence-corrected chi connectivity index (χ0v) is 18.1. The summed E-state index contributed by atoms with van der Waals surface area (Å²) < 4.78 is 1.83. The van der Waals surface area contributed by atoms with Crippen LogP contribution in [0.2, 0.25) is 0 Å². The van der Waals surface area contributed by atoms with E-state index in [-0.39, 0.29) is 0 Å². The fourth-order valence-corrected chi connectivity index (χ4v) is 3.16. The van der Waals surface area contributed by atoms with Gasteiger partial charge < -0.3 is 15.7 Å². The maximum atomic E-state index is 10.8. The van der Waals surface area contributed by atoms with Gasteiger partial charge in [0, 0.05) is 18.4 Å². The molecule has 1 unspecified atom stereocenters. The maximum absolute atomic E-state index is 10.8. The number of hydrogen-bond donors (Lipinski definition) is 3. The van der Waals surface area contributed by atoms with Crippen LogP contribution < -0.4 is 10.6 Å². The molecule has 7 nitrogen and oxygen atoms in total. The van der Waals surface area contributed by atoms with E-state index in [1.165, 1.54) is 0 Å². The summed E-state index contributed by atoms with van der Waals surface area (Å²) in [5.41, 5.74) is 2.87. The Hall–Kier alpha value is -3.19.